The van der Waals surface area contributed by atoms with Crippen LogP contribution in [0.5, 0.6) is 0 Å². The van der Waals surface area contributed by atoms with Crippen molar-refractivity contribution in [3.05, 3.63) is 29.3 Å². The van der Waals surface area contributed by atoms with Crippen LogP contribution in [0.1, 0.15) is 20.8 Å². The highest BCUT2D eigenvalue weighted by Gasteiger charge is 2.13. The zero-order chi connectivity index (χ0) is 9.84. The Morgan fingerprint density at radius 2 is 2.31 bits per heavy atom. The van der Waals surface area contributed by atoms with Crippen molar-refractivity contribution in [3.63, 3.8) is 0 Å². The van der Waals surface area contributed by atoms with Crippen LogP contribution in [0.4, 0.5) is 4.39 Å². The first kappa shape index (κ1) is 9.31. The number of esters is 1. The van der Waals surface area contributed by atoms with E-state index in [1.54, 1.807) is 0 Å². The Kier molecular flexibility index (Phi) is 2.69. The van der Waals surface area contributed by atoms with Crippen LogP contribution in [0.2, 0.25) is 0 Å². The van der Waals surface area contributed by atoms with Gasteiger partial charge in [-0.2, -0.15) is 4.39 Å². The van der Waals surface area contributed by atoms with Crippen LogP contribution in [0, 0.1) is 5.95 Å². The molecule has 1 aromatic heterocycles. The van der Waals surface area contributed by atoms with Crippen LogP contribution >= 0.6 is 0 Å². The minimum absolute atomic E-state index is 0.00764. The van der Waals surface area contributed by atoms with E-state index >= 15 is 0 Å². The lowest BCUT2D eigenvalue weighted by atomic mass is 10.2. The normalized spacial score (nSPS) is 9.38. The molecule has 1 aromatic rings. The summed E-state index contributed by atoms with van der Waals surface area (Å²) in [6.45, 7) is 0. The quantitative estimate of drug-likeness (QED) is 0.387. The Bertz CT molecular complexity index is 351. The lowest BCUT2D eigenvalue weighted by molar-refractivity contribution is 0.0590. The third-order valence-electron chi connectivity index (χ3n) is 1.40. The van der Waals surface area contributed by atoms with Gasteiger partial charge < -0.3 is 4.74 Å². The van der Waals surface area contributed by atoms with E-state index in [2.05, 4.69) is 9.72 Å². The molecule has 0 saturated carbocycles. The smallest absolute Gasteiger partial charge is 0.357 e. The van der Waals surface area contributed by atoms with Crippen LogP contribution in [-0.2, 0) is 4.74 Å². The molecule has 4 nitrogen and oxygen atoms in total. The molecule has 0 saturated heterocycles. The molecule has 0 aliphatic carbocycles. The summed E-state index contributed by atoms with van der Waals surface area (Å²) in [5, 5.41) is 0. The van der Waals surface area contributed by atoms with E-state index in [0.29, 0.717) is 6.29 Å². The highest BCUT2D eigenvalue weighted by Crippen LogP contribution is 2.05. The van der Waals surface area contributed by atoms with Crippen molar-refractivity contribution in [2.45, 2.75) is 0 Å². The second-order valence-electron chi connectivity index (χ2n) is 2.18. The Morgan fingerprint density at radius 1 is 1.62 bits per heavy atom. The first-order valence-electron chi connectivity index (χ1n) is 3.39. The number of carbonyl (C=O) groups excluding carboxylic acids is 2. The van der Waals surface area contributed by atoms with Gasteiger partial charge in [-0.3, -0.25) is 4.79 Å². The summed E-state index contributed by atoms with van der Waals surface area (Å²) in [7, 11) is 1.13. The number of nitrogens with zero attached hydrogens (tertiary/aromatic N) is 1. The van der Waals surface area contributed by atoms with Gasteiger partial charge in [0.1, 0.15) is 0 Å². The highest BCUT2D eigenvalue weighted by atomic mass is 19.1. The fraction of sp³-hybridized carbons (Fsp3) is 0.125. The predicted molar refractivity (Wildman–Crippen MR) is 40.9 cm³/mol. The van der Waals surface area contributed by atoms with E-state index < -0.39 is 11.9 Å². The van der Waals surface area contributed by atoms with Crippen molar-refractivity contribution >= 4 is 12.3 Å². The van der Waals surface area contributed by atoms with E-state index in [1.807, 2.05) is 0 Å². The zero-order valence-corrected chi connectivity index (χ0v) is 6.78. The third kappa shape index (κ3) is 1.87. The molecule has 13 heavy (non-hydrogen) atoms. The molecule has 0 aromatic carbocycles. The first-order chi connectivity index (χ1) is 6.19. The van der Waals surface area contributed by atoms with Gasteiger partial charge in [-0.1, -0.05) is 0 Å². The monoisotopic (exact) mass is 183 g/mol. The molecule has 0 N–H and O–H groups in total. The molecule has 0 spiro atoms. The van der Waals surface area contributed by atoms with E-state index in [9.17, 15) is 14.0 Å². The molecule has 0 aliphatic heterocycles. The fourth-order valence-electron chi connectivity index (χ4n) is 0.801. The second kappa shape index (κ2) is 3.75. The highest BCUT2D eigenvalue weighted by molar-refractivity contribution is 5.96. The topological polar surface area (TPSA) is 56.3 Å². The number of ether oxygens (including phenoxy) is 1. The molecule has 68 valence electrons. The molecule has 0 bridgehead atoms. The van der Waals surface area contributed by atoms with Gasteiger partial charge in [0.25, 0.3) is 0 Å². The minimum Gasteiger partial charge on any atom is -0.464 e. The number of hydrogen-bond donors (Lipinski definition) is 0. The van der Waals surface area contributed by atoms with E-state index in [4.69, 9.17) is 0 Å². The van der Waals surface area contributed by atoms with Gasteiger partial charge in [-0.05, 0) is 12.1 Å². The standard InChI is InChI=1S/C8H6FNO3/c1-13-8(12)7-5(4-11)2-3-6(9)10-7/h2-4H,1H3. The van der Waals surface area contributed by atoms with Crippen molar-refractivity contribution in [3.8, 4) is 0 Å². The van der Waals surface area contributed by atoms with Crippen LogP contribution in [0.3, 0.4) is 0 Å². The largest absolute Gasteiger partial charge is 0.464 e. The van der Waals surface area contributed by atoms with Gasteiger partial charge in [0, 0.05) is 5.56 Å². The molecule has 0 atom stereocenters. The maximum absolute atomic E-state index is 12.5. The van der Waals surface area contributed by atoms with Gasteiger partial charge >= 0.3 is 5.97 Å². The van der Waals surface area contributed by atoms with Crippen molar-refractivity contribution in [2.75, 3.05) is 7.11 Å². The van der Waals surface area contributed by atoms with Gasteiger partial charge in [-0.25, -0.2) is 9.78 Å². The fourth-order valence-corrected chi connectivity index (χ4v) is 0.801. The summed E-state index contributed by atoms with van der Waals surface area (Å²) in [4.78, 5) is 24.6. The van der Waals surface area contributed by atoms with Crippen LogP contribution in [0.15, 0.2) is 12.1 Å². The van der Waals surface area contributed by atoms with Crippen LogP contribution < -0.4 is 0 Å². The first-order valence-corrected chi connectivity index (χ1v) is 3.39. The SMILES string of the molecule is COC(=O)c1nc(F)ccc1C=O. The summed E-state index contributed by atoms with van der Waals surface area (Å²) in [5.74, 6) is -1.66. The lowest BCUT2D eigenvalue weighted by Crippen LogP contribution is -2.09. The average molecular weight is 183 g/mol. The van der Waals surface area contributed by atoms with E-state index in [1.165, 1.54) is 6.07 Å². The Balaban J connectivity index is 3.23. The molecule has 0 amide bonds. The number of hydrogen-bond acceptors (Lipinski definition) is 4. The van der Waals surface area contributed by atoms with Gasteiger partial charge in [-0.15, -0.1) is 0 Å². The summed E-state index contributed by atoms with van der Waals surface area (Å²) in [6, 6.07) is 2.16. The summed E-state index contributed by atoms with van der Waals surface area (Å²) in [5.41, 5.74) is -0.300. The lowest BCUT2D eigenvalue weighted by Gasteiger charge is -2.00. The minimum atomic E-state index is -0.832. The number of pyridine rings is 1. The number of methoxy groups -OCH3 is 1. The molecular weight excluding hydrogens is 177 g/mol. The number of aromatic nitrogens is 1. The molecule has 0 unspecified atom stereocenters. The number of carbonyl (C=O) groups is 2. The van der Waals surface area contributed by atoms with Gasteiger partial charge in [0.2, 0.25) is 5.95 Å². The molecule has 0 radical (unpaired) electrons. The van der Waals surface area contributed by atoms with Crippen molar-refractivity contribution < 1.29 is 18.7 Å². The molecular formula is C8H6FNO3. The maximum Gasteiger partial charge on any atom is 0.357 e. The Hall–Kier alpha value is -1.78. The zero-order valence-electron chi connectivity index (χ0n) is 6.78. The third-order valence-corrected chi connectivity index (χ3v) is 1.40. The number of halogens is 1. The summed E-state index contributed by atoms with van der Waals surface area (Å²) in [6.07, 6.45) is 0.415. The molecule has 1 rings (SSSR count). The molecule has 0 aliphatic rings. The number of rotatable bonds is 2. The molecule has 1 heterocycles. The second-order valence-corrected chi connectivity index (χ2v) is 2.18. The van der Waals surface area contributed by atoms with Gasteiger partial charge in [0.15, 0.2) is 12.0 Å². The van der Waals surface area contributed by atoms with E-state index in [0.717, 1.165) is 13.2 Å². The van der Waals surface area contributed by atoms with Crippen molar-refractivity contribution in [1.29, 1.82) is 0 Å². The maximum atomic E-state index is 12.5. The van der Waals surface area contributed by atoms with Gasteiger partial charge in [0.05, 0.1) is 7.11 Å². The average Bonchev–Trinajstić information content (AvgIpc) is 2.16. The Morgan fingerprint density at radius 3 is 2.85 bits per heavy atom. The predicted octanol–water partition coefficient (Wildman–Crippen LogP) is 0.820. The summed E-state index contributed by atoms with van der Waals surface area (Å²) >= 11 is 0. The number of aldehydes is 1. The van der Waals surface area contributed by atoms with Crippen LogP contribution in [0.25, 0.3) is 0 Å². The summed E-state index contributed by atoms with van der Waals surface area (Å²) < 4.78 is 16.9. The molecule has 0 fully saturated rings. The van der Waals surface area contributed by atoms with Crippen molar-refractivity contribution in [1.82, 2.24) is 4.98 Å². The molecule has 5 heteroatoms. The van der Waals surface area contributed by atoms with E-state index in [-0.39, 0.29) is 11.3 Å². The van der Waals surface area contributed by atoms with Crippen LogP contribution in [-0.4, -0.2) is 24.3 Å². The Labute approximate surface area is 73.3 Å². The van der Waals surface area contributed by atoms with Crippen molar-refractivity contribution in [2.24, 2.45) is 0 Å².